The normalized spacial score (nSPS) is 18.0. The Kier molecular flexibility index (Phi) is 6.34. The van der Waals surface area contributed by atoms with Crippen LogP contribution in [0.1, 0.15) is 38.7 Å². The van der Waals surface area contributed by atoms with Crippen LogP contribution in [0.5, 0.6) is 0 Å². The lowest BCUT2D eigenvalue weighted by Gasteiger charge is -2.36. The van der Waals surface area contributed by atoms with E-state index < -0.39 is 0 Å². The van der Waals surface area contributed by atoms with Crippen LogP contribution in [0.25, 0.3) is 0 Å². The van der Waals surface area contributed by atoms with Gasteiger partial charge < -0.3 is 15.3 Å². The maximum Gasteiger partial charge on any atom is 0.0541 e. The maximum atomic E-state index is 9.73. The topological polar surface area (TPSA) is 35.5 Å². The molecule has 4 heteroatoms. The number of aliphatic hydroxyl groups is 1. The fraction of sp³-hybridized carbons (Fsp3) is 0.647. The van der Waals surface area contributed by atoms with Gasteiger partial charge in [-0.2, -0.15) is 0 Å². The molecule has 0 aromatic heterocycles. The number of piperidine rings is 1. The molecule has 0 aliphatic carbocycles. The summed E-state index contributed by atoms with van der Waals surface area (Å²) >= 11 is 6.19. The van der Waals surface area contributed by atoms with Gasteiger partial charge in [-0.05, 0) is 56.3 Å². The van der Waals surface area contributed by atoms with Gasteiger partial charge in [-0.15, -0.1) is 0 Å². The summed E-state index contributed by atoms with van der Waals surface area (Å²) in [4.78, 5) is 2.41. The van der Waals surface area contributed by atoms with E-state index in [1.54, 1.807) is 0 Å². The first-order chi connectivity index (χ1) is 10.1. The number of anilines is 1. The van der Waals surface area contributed by atoms with Crippen molar-refractivity contribution in [2.24, 2.45) is 5.92 Å². The highest BCUT2D eigenvalue weighted by atomic mass is 35.5. The lowest BCUT2D eigenvalue weighted by Crippen LogP contribution is -2.37. The van der Waals surface area contributed by atoms with Crippen molar-refractivity contribution in [1.29, 1.82) is 0 Å². The van der Waals surface area contributed by atoms with Gasteiger partial charge in [0.05, 0.1) is 6.10 Å². The second-order valence-electron chi connectivity index (χ2n) is 6.01. The molecule has 1 aliphatic rings. The Labute approximate surface area is 133 Å². The Hall–Kier alpha value is -0.770. The molecular formula is C17H27ClN2O. The van der Waals surface area contributed by atoms with E-state index in [1.807, 2.05) is 13.0 Å². The summed E-state index contributed by atoms with van der Waals surface area (Å²) in [6, 6.07) is 6.17. The van der Waals surface area contributed by atoms with Crippen LogP contribution in [0.3, 0.4) is 0 Å². The molecule has 118 valence electrons. The molecule has 1 heterocycles. The second-order valence-corrected chi connectivity index (χ2v) is 6.45. The van der Waals surface area contributed by atoms with Gasteiger partial charge in [-0.1, -0.05) is 24.6 Å². The molecule has 0 radical (unpaired) electrons. The number of hydrogen-bond acceptors (Lipinski definition) is 3. The zero-order valence-electron chi connectivity index (χ0n) is 13.1. The molecule has 1 atom stereocenters. The molecule has 0 amide bonds. The van der Waals surface area contributed by atoms with E-state index in [4.69, 9.17) is 11.6 Å². The highest BCUT2D eigenvalue weighted by Crippen LogP contribution is 2.30. The van der Waals surface area contributed by atoms with Gasteiger partial charge in [0.2, 0.25) is 0 Å². The number of aliphatic hydroxyl groups excluding tert-OH is 1. The van der Waals surface area contributed by atoms with Crippen LogP contribution < -0.4 is 10.2 Å². The molecule has 1 saturated heterocycles. The van der Waals surface area contributed by atoms with Gasteiger partial charge in [0.25, 0.3) is 0 Å². The quantitative estimate of drug-likeness (QED) is 0.790. The minimum Gasteiger partial charge on any atom is -0.393 e. The molecule has 1 aliphatic heterocycles. The zero-order valence-corrected chi connectivity index (χ0v) is 13.9. The van der Waals surface area contributed by atoms with Crippen molar-refractivity contribution >= 4 is 17.3 Å². The van der Waals surface area contributed by atoms with E-state index in [2.05, 4.69) is 29.3 Å². The molecule has 0 saturated carbocycles. The predicted octanol–water partition coefficient (Wildman–Crippen LogP) is 3.44. The summed E-state index contributed by atoms with van der Waals surface area (Å²) in [6.07, 6.45) is 3.04. The number of hydrogen-bond donors (Lipinski definition) is 2. The van der Waals surface area contributed by atoms with Gasteiger partial charge in [0.15, 0.2) is 0 Å². The third-order valence-corrected chi connectivity index (χ3v) is 4.59. The zero-order chi connectivity index (χ0) is 15.2. The van der Waals surface area contributed by atoms with Gasteiger partial charge in [-0.3, -0.25) is 0 Å². The van der Waals surface area contributed by atoms with Gasteiger partial charge in [0.1, 0.15) is 0 Å². The van der Waals surface area contributed by atoms with E-state index in [-0.39, 0.29) is 6.10 Å². The van der Waals surface area contributed by atoms with Crippen LogP contribution in [0.2, 0.25) is 5.02 Å². The summed E-state index contributed by atoms with van der Waals surface area (Å²) in [5.41, 5.74) is 2.55. The Morgan fingerprint density at radius 1 is 1.38 bits per heavy atom. The minimum absolute atomic E-state index is 0.197. The number of nitrogens with zero attached hydrogens (tertiary/aromatic N) is 1. The summed E-state index contributed by atoms with van der Waals surface area (Å²) in [5.74, 6) is 0.433. The first-order valence-electron chi connectivity index (χ1n) is 8.04. The van der Waals surface area contributed by atoms with Crippen molar-refractivity contribution < 1.29 is 5.11 Å². The van der Waals surface area contributed by atoms with Gasteiger partial charge in [0, 0.05) is 30.3 Å². The highest BCUT2D eigenvalue weighted by Gasteiger charge is 2.23. The lowest BCUT2D eigenvalue weighted by atomic mass is 9.91. The van der Waals surface area contributed by atoms with Gasteiger partial charge in [-0.25, -0.2) is 0 Å². The van der Waals surface area contributed by atoms with E-state index in [1.165, 1.54) is 11.3 Å². The van der Waals surface area contributed by atoms with Crippen molar-refractivity contribution in [2.75, 3.05) is 24.5 Å². The maximum absolute atomic E-state index is 9.73. The fourth-order valence-electron chi connectivity index (χ4n) is 3.00. The molecule has 3 nitrogen and oxygen atoms in total. The Morgan fingerprint density at radius 2 is 2.10 bits per heavy atom. The van der Waals surface area contributed by atoms with E-state index in [0.29, 0.717) is 5.92 Å². The minimum atomic E-state index is -0.197. The van der Waals surface area contributed by atoms with Crippen LogP contribution in [-0.2, 0) is 6.54 Å². The molecule has 2 N–H and O–H groups in total. The molecule has 1 aromatic carbocycles. The average Bonchev–Trinajstić information content (AvgIpc) is 2.49. The Balaban J connectivity index is 2.06. The fourth-order valence-corrected chi connectivity index (χ4v) is 3.17. The van der Waals surface area contributed by atoms with Crippen LogP contribution in [0.15, 0.2) is 18.2 Å². The molecule has 1 fully saturated rings. The van der Waals surface area contributed by atoms with Crippen LogP contribution in [-0.4, -0.2) is 30.8 Å². The van der Waals surface area contributed by atoms with Crippen molar-refractivity contribution in [3.8, 4) is 0 Å². The van der Waals surface area contributed by atoms with Crippen molar-refractivity contribution in [1.82, 2.24) is 5.32 Å². The summed E-state index contributed by atoms with van der Waals surface area (Å²) in [5, 5.41) is 14.0. The summed E-state index contributed by atoms with van der Waals surface area (Å²) in [7, 11) is 0. The van der Waals surface area contributed by atoms with E-state index >= 15 is 0 Å². The molecule has 21 heavy (non-hydrogen) atoms. The standard InChI is InChI=1S/C17H27ClN2O/c1-3-8-19-12-15-4-5-16(18)11-17(15)20-9-6-14(7-10-20)13(2)21/h4-5,11,13-14,19,21H,3,6-10,12H2,1-2H3. The number of benzene rings is 1. The largest absolute Gasteiger partial charge is 0.393 e. The van der Waals surface area contributed by atoms with Crippen molar-refractivity contribution in [2.45, 2.75) is 45.8 Å². The first-order valence-corrected chi connectivity index (χ1v) is 8.41. The first kappa shape index (κ1) is 16.6. The Morgan fingerprint density at radius 3 is 2.71 bits per heavy atom. The lowest BCUT2D eigenvalue weighted by molar-refractivity contribution is 0.110. The molecule has 1 aromatic rings. The SMILES string of the molecule is CCCNCc1ccc(Cl)cc1N1CCC(C(C)O)CC1. The third kappa shape index (κ3) is 4.60. The number of rotatable bonds is 6. The number of halogens is 1. The van der Waals surface area contributed by atoms with Gasteiger partial charge >= 0.3 is 0 Å². The molecular weight excluding hydrogens is 284 g/mol. The molecule has 2 rings (SSSR count). The highest BCUT2D eigenvalue weighted by molar-refractivity contribution is 6.30. The van der Waals surface area contributed by atoms with Crippen LogP contribution in [0, 0.1) is 5.92 Å². The third-order valence-electron chi connectivity index (χ3n) is 4.35. The van der Waals surface area contributed by atoms with Crippen LogP contribution in [0.4, 0.5) is 5.69 Å². The number of nitrogens with one attached hydrogen (secondary N) is 1. The predicted molar refractivity (Wildman–Crippen MR) is 90.1 cm³/mol. The second kappa shape index (κ2) is 8.02. The van der Waals surface area contributed by atoms with E-state index in [0.717, 1.165) is 50.5 Å². The van der Waals surface area contributed by atoms with Crippen molar-refractivity contribution in [3.05, 3.63) is 28.8 Å². The van der Waals surface area contributed by atoms with Crippen molar-refractivity contribution in [3.63, 3.8) is 0 Å². The Bertz CT molecular complexity index is 442. The summed E-state index contributed by atoms with van der Waals surface area (Å²) in [6.45, 7) is 7.99. The summed E-state index contributed by atoms with van der Waals surface area (Å²) < 4.78 is 0. The van der Waals surface area contributed by atoms with E-state index in [9.17, 15) is 5.11 Å². The average molecular weight is 311 g/mol. The molecule has 0 bridgehead atoms. The monoisotopic (exact) mass is 310 g/mol. The molecule has 0 spiro atoms. The smallest absolute Gasteiger partial charge is 0.0541 e. The molecule has 1 unspecified atom stereocenters. The van der Waals surface area contributed by atoms with Crippen LogP contribution >= 0.6 is 11.6 Å².